The number of hydrogen-bond acceptors (Lipinski definition) is 3. The zero-order valence-corrected chi connectivity index (χ0v) is 9.17. The Bertz CT molecular complexity index is 204. The van der Waals surface area contributed by atoms with Crippen LogP contribution in [0.3, 0.4) is 0 Å². The van der Waals surface area contributed by atoms with Crippen molar-refractivity contribution in [1.82, 2.24) is 5.32 Å². The van der Waals surface area contributed by atoms with Crippen molar-refractivity contribution < 1.29 is 9.59 Å². The van der Waals surface area contributed by atoms with Crippen LogP contribution in [0.25, 0.3) is 0 Å². The van der Waals surface area contributed by atoms with Gasteiger partial charge in [0.2, 0.25) is 5.91 Å². The summed E-state index contributed by atoms with van der Waals surface area (Å²) in [4.78, 5) is 22.0. The summed E-state index contributed by atoms with van der Waals surface area (Å²) in [5.74, 6) is -0.362. The minimum absolute atomic E-state index is 0.0616. The number of primary amides is 1. The zero-order chi connectivity index (χ0) is 11.1. The van der Waals surface area contributed by atoms with E-state index in [1.54, 1.807) is 6.92 Å². The second-order valence-electron chi connectivity index (χ2n) is 3.60. The second kappa shape index (κ2) is 6.54. The lowest BCUT2D eigenvalue weighted by Gasteiger charge is -2.18. The van der Waals surface area contributed by atoms with Gasteiger partial charge in [-0.2, -0.15) is 0 Å². The van der Waals surface area contributed by atoms with Gasteiger partial charge in [0.15, 0.2) is 0 Å². The van der Waals surface area contributed by atoms with Gasteiger partial charge < -0.3 is 5.73 Å². The smallest absolute Gasteiger partial charge is 0.234 e. The number of nitrogens with two attached hydrogens (primary N) is 1. The fourth-order valence-corrected chi connectivity index (χ4v) is 1.20. The lowest BCUT2D eigenvalue weighted by molar-refractivity contribution is -0.121. The van der Waals surface area contributed by atoms with E-state index in [4.69, 9.17) is 5.73 Å². The van der Waals surface area contributed by atoms with E-state index in [9.17, 15) is 9.59 Å². The number of ketones is 1. The highest BCUT2D eigenvalue weighted by Gasteiger charge is 2.18. The van der Waals surface area contributed by atoms with Crippen LogP contribution in [-0.4, -0.2) is 23.8 Å². The number of carbonyl (C=O) groups is 2. The van der Waals surface area contributed by atoms with Crippen LogP contribution in [0.5, 0.6) is 0 Å². The Morgan fingerprint density at radius 3 is 2.36 bits per heavy atom. The van der Waals surface area contributed by atoms with Crippen molar-refractivity contribution in [3.63, 3.8) is 0 Å². The highest BCUT2D eigenvalue weighted by molar-refractivity contribution is 5.84. The van der Waals surface area contributed by atoms with E-state index in [0.29, 0.717) is 0 Å². The number of hydrogen-bond donors (Lipinski definition) is 2. The first-order valence-corrected chi connectivity index (χ1v) is 5.04. The molecule has 0 aromatic carbocycles. The van der Waals surface area contributed by atoms with Crippen molar-refractivity contribution in [3.05, 3.63) is 0 Å². The zero-order valence-electron chi connectivity index (χ0n) is 9.17. The minimum Gasteiger partial charge on any atom is -0.368 e. The molecule has 0 aromatic rings. The van der Waals surface area contributed by atoms with E-state index in [1.807, 2.05) is 0 Å². The van der Waals surface area contributed by atoms with Gasteiger partial charge >= 0.3 is 0 Å². The Kier molecular flexibility index (Phi) is 6.12. The monoisotopic (exact) mass is 200 g/mol. The number of unbranched alkanes of at least 4 members (excludes halogenated alkanes) is 1. The molecule has 0 fully saturated rings. The first kappa shape index (κ1) is 13.1. The molecule has 4 nitrogen and oxygen atoms in total. The summed E-state index contributed by atoms with van der Waals surface area (Å²) in [7, 11) is 0. The molecule has 0 aliphatic carbocycles. The highest BCUT2D eigenvalue weighted by Crippen LogP contribution is 2.02. The van der Waals surface area contributed by atoms with Crippen LogP contribution in [-0.2, 0) is 9.59 Å². The molecule has 4 heteroatoms. The molecule has 0 aliphatic heterocycles. The minimum atomic E-state index is -0.444. The standard InChI is InChI=1S/C10H20N2O2/c1-4-5-6-9(8(3)13)12-7(2)10(11)14/h7,9,12H,4-6H2,1-3H3,(H2,11,14). The molecule has 0 radical (unpaired) electrons. The summed E-state index contributed by atoms with van der Waals surface area (Å²) in [5.41, 5.74) is 5.10. The van der Waals surface area contributed by atoms with Gasteiger partial charge in [0, 0.05) is 0 Å². The average molecular weight is 200 g/mol. The third-order valence-corrected chi connectivity index (χ3v) is 2.22. The highest BCUT2D eigenvalue weighted by atomic mass is 16.1. The van der Waals surface area contributed by atoms with Crippen LogP contribution in [0, 0.1) is 0 Å². The van der Waals surface area contributed by atoms with E-state index in [-0.39, 0.29) is 11.8 Å². The number of Topliss-reactive ketones (excluding diaryl/α,β-unsaturated/α-hetero) is 1. The summed E-state index contributed by atoms with van der Waals surface area (Å²) in [6, 6.07) is -0.682. The third kappa shape index (κ3) is 4.97. The molecular formula is C10H20N2O2. The molecular weight excluding hydrogens is 180 g/mol. The topological polar surface area (TPSA) is 72.2 Å². The van der Waals surface area contributed by atoms with Crippen molar-refractivity contribution in [1.29, 1.82) is 0 Å². The molecule has 14 heavy (non-hydrogen) atoms. The molecule has 0 spiro atoms. The van der Waals surface area contributed by atoms with Crippen LogP contribution in [0.2, 0.25) is 0 Å². The largest absolute Gasteiger partial charge is 0.368 e. The third-order valence-electron chi connectivity index (χ3n) is 2.22. The molecule has 0 rings (SSSR count). The van der Waals surface area contributed by atoms with E-state index in [2.05, 4.69) is 12.2 Å². The van der Waals surface area contributed by atoms with Crippen LogP contribution in [0.4, 0.5) is 0 Å². The molecule has 2 atom stereocenters. The normalized spacial score (nSPS) is 14.8. The van der Waals surface area contributed by atoms with Gasteiger partial charge in [-0.15, -0.1) is 0 Å². The van der Waals surface area contributed by atoms with Gasteiger partial charge in [0.25, 0.3) is 0 Å². The van der Waals surface area contributed by atoms with Crippen LogP contribution in [0.15, 0.2) is 0 Å². The fraction of sp³-hybridized carbons (Fsp3) is 0.800. The van der Waals surface area contributed by atoms with Gasteiger partial charge in [-0.25, -0.2) is 0 Å². The summed E-state index contributed by atoms with van der Waals surface area (Å²) in [6.07, 6.45) is 2.78. The predicted octanol–water partition coefficient (Wildman–Crippen LogP) is 0.598. The molecule has 3 N–H and O–H groups in total. The average Bonchev–Trinajstić information content (AvgIpc) is 2.10. The van der Waals surface area contributed by atoms with Crippen molar-refractivity contribution in [2.45, 2.75) is 52.1 Å². The van der Waals surface area contributed by atoms with Gasteiger partial charge in [-0.1, -0.05) is 19.8 Å². The van der Waals surface area contributed by atoms with E-state index >= 15 is 0 Å². The quantitative estimate of drug-likeness (QED) is 0.632. The molecule has 1 amide bonds. The predicted molar refractivity (Wildman–Crippen MR) is 55.8 cm³/mol. The summed E-state index contributed by atoms with van der Waals surface area (Å²) in [6.45, 7) is 5.26. The molecule has 0 aliphatic rings. The SMILES string of the molecule is CCCCC(NC(C)C(N)=O)C(C)=O. The Labute approximate surface area is 85.2 Å². The Morgan fingerprint density at radius 1 is 1.43 bits per heavy atom. The van der Waals surface area contributed by atoms with Crippen LogP contribution >= 0.6 is 0 Å². The maximum atomic E-state index is 11.2. The molecule has 82 valence electrons. The van der Waals surface area contributed by atoms with Crippen molar-refractivity contribution in [2.75, 3.05) is 0 Å². The van der Waals surface area contributed by atoms with Crippen molar-refractivity contribution in [2.24, 2.45) is 5.73 Å². The molecule has 0 heterocycles. The van der Waals surface area contributed by atoms with Crippen LogP contribution in [0.1, 0.15) is 40.0 Å². The summed E-state index contributed by atoms with van der Waals surface area (Å²) < 4.78 is 0. The fourth-order valence-electron chi connectivity index (χ4n) is 1.20. The number of nitrogens with one attached hydrogen (secondary N) is 1. The van der Waals surface area contributed by atoms with Gasteiger partial charge in [-0.05, 0) is 20.3 Å². The Morgan fingerprint density at radius 2 is 2.00 bits per heavy atom. The molecule has 0 saturated heterocycles. The first-order valence-electron chi connectivity index (χ1n) is 5.04. The molecule has 0 bridgehead atoms. The second-order valence-corrected chi connectivity index (χ2v) is 3.60. The van der Waals surface area contributed by atoms with E-state index < -0.39 is 11.9 Å². The summed E-state index contributed by atoms with van der Waals surface area (Å²) in [5, 5.41) is 2.93. The Hall–Kier alpha value is -0.900. The number of amides is 1. The lowest BCUT2D eigenvalue weighted by atomic mass is 10.1. The molecule has 0 aromatic heterocycles. The van der Waals surface area contributed by atoms with E-state index in [0.717, 1.165) is 19.3 Å². The van der Waals surface area contributed by atoms with Crippen molar-refractivity contribution >= 4 is 11.7 Å². The number of rotatable bonds is 7. The lowest BCUT2D eigenvalue weighted by Crippen LogP contribution is -2.47. The molecule has 2 unspecified atom stereocenters. The maximum absolute atomic E-state index is 11.2. The van der Waals surface area contributed by atoms with Crippen molar-refractivity contribution in [3.8, 4) is 0 Å². The Balaban J connectivity index is 4.08. The molecule has 0 saturated carbocycles. The number of carbonyl (C=O) groups excluding carboxylic acids is 2. The van der Waals surface area contributed by atoms with Gasteiger partial charge in [0.1, 0.15) is 5.78 Å². The van der Waals surface area contributed by atoms with E-state index in [1.165, 1.54) is 6.92 Å². The summed E-state index contributed by atoms with van der Waals surface area (Å²) >= 11 is 0. The van der Waals surface area contributed by atoms with Gasteiger partial charge in [0.05, 0.1) is 12.1 Å². The maximum Gasteiger partial charge on any atom is 0.234 e. The van der Waals surface area contributed by atoms with Gasteiger partial charge in [-0.3, -0.25) is 14.9 Å². The van der Waals surface area contributed by atoms with Crippen LogP contribution < -0.4 is 11.1 Å². The first-order chi connectivity index (χ1) is 6.49.